The maximum atomic E-state index is 12.1. The fraction of sp³-hybridized carbons (Fsp3) is 0.250. The molecule has 0 bridgehead atoms. The van der Waals surface area contributed by atoms with E-state index in [4.69, 9.17) is 11.6 Å². The fourth-order valence-electron chi connectivity index (χ4n) is 1.73. The van der Waals surface area contributed by atoms with Crippen molar-refractivity contribution in [2.24, 2.45) is 0 Å². The predicted molar refractivity (Wildman–Crippen MR) is 71.9 cm³/mol. The van der Waals surface area contributed by atoms with Gasteiger partial charge in [0.2, 0.25) is 0 Å². The van der Waals surface area contributed by atoms with Gasteiger partial charge in [-0.15, -0.1) is 0 Å². The zero-order valence-corrected chi connectivity index (χ0v) is 11.5. The lowest BCUT2D eigenvalue weighted by molar-refractivity contribution is 0.0993. The Morgan fingerprint density at radius 2 is 2.06 bits per heavy atom. The van der Waals surface area contributed by atoms with Gasteiger partial charge in [0.05, 0.1) is 10.5 Å². The zero-order chi connectivity index (χ0) is 13.5. The minimum absolute atomic E-state index is 0.352. The van der Waals surface area contributed by atoms with Gasteiger partial charge in [0.25, 0.3) is 0 Å². The lowest BCUT2D eigenvalue weighted by Gasteiger charge is -2.07. The molecule has 0 amide bonds. The molecule has 6 heteroatoms. The fourth-order valence-corrected chi connectivity index (χ4v) is 2.48. The Hall–Kier alpha value is -1.33. The highest BCUT2D eigenvalue weighted by atomic mass is 35.5. The first-order valence-electron chi connectivity index (χ1n) is 5.31. The number of rotatable bonds is 3. The Kier molecular flexibility index (Phi) is 3.21. The molecule has 0 saturated carbocycles. The molecule has 18 heavy (non-hydrogen) atoms. The Bertz CT molecular complexity index is 718. The second-order valence-electron chi connectivity index (χ2n) is 4.20. The number of fused-ring (bicyclic) bond motifs is 1. The Morgan fingerprint density at radius 1 is 1.39 bits per heavy atom. The molecule has 1 N–H and O–H groups in total. The number of H-pyrrole nitrogens is 1. The van der Waals surface area contributed by atoms with Crippen LogP contribution in [0, 0.1) is 0 Å². The third-order valence-corrected chi connectivity index (χ3v) is 4.76. The van der Waals surface area contributed by atoms with Crippen molar-refractivity contribution in [3.05, 3.63) is 35.0 Å². The first kappa shape index (κ1) is 13.1. The van der Waals surface area contributed by atoms with Crippen molar-refractivity contribution < 1.29 is 13.2 Å². The number of sulfone groups is 1. The van der Waals surface area contributed by atoms with Gasteiger partial charge in [-0.05, 0) is 13.0 Å². The van der Waals surface area contributed by atoms with Gasteiger partial charge < -0.3 is 4.98 Å². The molecule has 0 aliphatic heterocycles. The first-order chi connectivity index (χ1) is 8.32. The van der Waals surface area contributed by atoms with Crippen molar-refractivity contribution in [2.75, 3.05) is 6.26 Å². The second-order valence-corrected chi connectivity index (χ2v) is 6.97. The van der Waals surface area contributed by atoms with Crippen molar-refractivity contribution in [3.8, 4) is 0 Å². The van der Waals surface area contributed by atoms with Crippen LogP contribution in [0.25, 0.3) is 10.9 Å². The van der Waals surface area contributed by atoms with Gasteiger partial charge in [-0.2, -0.15) is 0 Å². The summed E-state index contributed by atoms with van der Waals surface area (Å²) in [4.78, 5) is 15.0. The molecule has 0 fully saturated rings. The number of nitrogens with one attached hydrogen (secondary N) is 1. The normalized spacial score (nSPS) is 13.7. The minimum atomic E-state index is -3.40. The average molecular weight is 286 g/mol. The monoisotopic (exact) mass is 285 g/mol. The standard InChI is InChI=1S/C12H12ClNO3S/c1-7(18(2,16)17)12(15)9-6-14-11-8(9)4-3-5-10(11)13/h3-7,14H,1-2H3. The molecular formula is C12H12ClNO3S. The molecule has 96 valence electrons. The number of hydrogen-bond acceptors (Lipinski definition) is 3. The Morgan fingerprint density at radius 3 is 2.67 bits per heavy atom. The summed E-state index contributed by atoms with van der Waals surface area (Å²) in [6.45, 7) is 1.39. The van der Waals surface area contributed by atoms with Crippen LogP contribution in [0.15, 0.2) is 24.4 Å². The van der Waals surface area contributed by atoms with E-state index >= 15 is 0 Å². The van der Waals surface area contributed by atoms with E-state index in [0.29, 0.717) is 21.5 Å². The van der Waals surface area contributed by atoms with Gasteiger partial charge in [0.1, 0.15) is 5.25 Å². The van der Waals surface area contributed by atoms with E-state index in [1.54, 1.807) is 18.2 Å². The van der Waals surface area contributed by atoms with Crippen LogP contribution in [0.3, 0.4) is 0 Å². The second kappa shape index (κ2) is 4.40. The first-order valence-corrected chi connectivity index (χ1v) is 7.64. The van der Waals surface area contributed by atoms with E-state index in [9.17, 15) is 13.2 Å². The van der Waals surface area contributed by atoms with Crippen molar-refractivity contribution in [2.45, 2.75) is 12.2 Å². The van der Waals surface area contributed by atoms with Crippen LogP contribution in [-0.2, 0) is 9.84 Å². The number of halogens is 1. The number of Topliss-reactive ketones (excluding diaryl/α,β-unsaturated/α-hetero) is 1. The Balaban J connectivity index is 2.56. The number of benzene rings is 1. The van der Waals surface area contributed by atoms with Gasteiger partial charge in [-0.3, -0.25) is 4.79 Å². The molecular weight excluding hydrogens is 274 g/mol. The quantitative estimate of drug-likeness (QED) is 0.881. The maximum absolute atomic E-state index is 12.1. The number of ketones is 1. The SMILES string of the molecule is CC(C(=O)c1c[nH]c2c(Cl)cccc12)S(C)(=O)=O. The highest BCUT2D eigenvalue weighted by Crippen LogP contribution is 2.26. The van der Waals surface area contributed by atoms with E-state index in [2.05, 4.69) is 4.98 Å². The summed E-state index contributed by atoms with van der Waals surface area (Å²) in [5.74, 6) is -0.425. The van der Waals surface area contributed by atoms with Crippen LogP contribution in [0.2, 0.25) is 5.02 Å². The number of carbonyl (C=O) groups excluding carboxylic acids is 1. The molecule has 0 spiro atoms. The maximum Gasteiger partial charge on any atom is 0.182 e. The van der Waals surface area contributed by atoms with Gasteiger partial charge >= 0.3 is 0 Å². The molecule has 4 nitrogen and oxygen atoms in total. The Labute approximate surface area is 110 Å². The van der Waals surface area contributed by atoms with Crippen molar-refractivity contribution in [3.63, 3.8) is 0 Å². The molecule has 1 aromatic carbocycles. The number of hydrogen-bond donors (Lipinski definition) is 1. The van der Waals surface area contributed by atoms with Crippen LogP contribution in [-0.4, -0.2) is 30.7 Å². The summed E-state index contributed by atoms with van der Waals surface area (Å²) in [7, 11) is -3.40. The number of para-hydroxylation sites is 1. The molecule has 2 rings (SSSR count). The van der Waals surface area contributed by atoms with Crippen molar-refractivity contribution in [1.29, 1.82) is 0 Å². The summed E-state index contributed by atoms with van der Waals surface area (Å²) in [6, 6.07) is 5.16. The van der Waals surface area contributed by atoms with Gasteiger partial charge in [0, 0.05) is 23.4 Å². The lowest BCUT2D eigenvalue weighted by atomic mass is 10.1. The topological polar surface area (TPSA) is 67.0 Å². The number of carbonyl (C=O) groups is 1. The molecule has 0 radical (unpaired) electrons. The molecule has 0 saturated heterocycles. The summed E-state index contributed by atoms with van der Waals surface area (Å²) >= 11 is 5.98. The van der Waals surface area contributed by atoms with E-state index in [1.165, 1.54) is 13.1 Å². The number of aromatic amines is 1. The summed E-state index contributed by atoms with van der Waals surface area (Å²) in [5, 5.41) is 0.0806. The van der Waals surface area contributed by atoms with Gasteiger partial charge in [0.15, 0.2) is 15.6 Å². The molecule has 1 atom stereocenters. The van der Waals surface area contributed by atoms with Crippen molar-refractivity contribution in [1.82, 2.24) is 4.98 Å². The smallest absolute Gasteiger partial charge is 0.182 e. The van der Waals surface area contributed by atoms with E-state index in [-0.39, 0.29) is 0 Å². The highest BCUT2D eigenvalue weighted by molar-refractivity contribution is 7.92. The van der Waals surface area contributed by atoms with Gasteiger partial charge in [-0.25, -0.2) is 8.42 Å². The van der Waals surface area contributed by atoms with Crippen LogP contribution < -0.4 is 0 Å². The molecule has 1 heterocycles. The number of aromatic nitrogens is 1. The summed E-state index contributed by atoms with van der Waals surface area (Å²) < 4.78 is 22.8. The highest BCUT2D eigenvalue weighted by Gasteiger charge is 2.26. The molecule has 1 aromatic heterocycles. The van der Waals surface area contributed by atoms with E-state index in [1.807, 2.05) is 0 Å². The van der Waals surface area contributed by atoms with Gasteiger partial charge in [-0.1, -0.05) is 23.7 Å². The summed E-state index contributed by atoms with van der Waals surface area (Å²) in [5.41, 5.74) is 0.994. The summed E-state index contributed by atoms with van der Waals surface area (Å²) in [6.07, 6.45) is 2.55. The molecule has 0 aliphatic rings. The molecule has 0 aliphatic carbocycles. The largest absolute Gasteiger partial charge is 0.359 e. The van der Waals surface area contributed by atoms with Crippen LogP contribution in [0.4, 0.5) is 0 Å². The average Bonchev–Trinajstić information content (AvgIpc) is 2.71. The zero-order valence-electron chi connectivity index (χ0n) is 9.90. The third kappa shape index (κ3) is 2.15. The molecule has 1 unspecified atom stereocenters. The predicted octanol–water partition coefficient (Wildman–Crippen LogP) is 2.44. The van der Waals surface area contributed by atoms with Crippen LogP contribution in [0.5, 0.6) is 0 Å². The minimum Gasteiger partial charge on any atom is -0.359 e. The van der Waals surface area contributed by atoms with Crippen molar-refractivity contribution >= 4 is 38.1 Å². The van der Waals surface area contributed by atoms with Crippen LogP contribution in [0.1, 0.15) is 17.3 Å². The van der Waals surface area contributed by atoms with Crippen LogP contribution >= 0.6 is 11.6 Å². The molecule has 2 aromatic rings. The third-order valence-electron chi connectivity index (χ3n) is 2.94. The lowest BCUT2D eigenvalue weighted by Crippen LogP contribution is -2.26. The van der Waals surface area contributed by atoms with E-state index in [0.717, 1.165) is 6.26 Å². The van der Waals surface area contributed by atoms with E-state index < -0.39 is 20.9 Å².